The number of carbonyl (C=O) groups is 1. The van der Waals surface area contributed by atoms with Crippen molar-refractivity contribution < 1.29 is 4.79 Å². The minimum absolute atomic E-state index is 0.0791. The van der Waals surface area contributed by atoms with Gasteiger partial charge in [-0.05, 0) is 33.1 Å². The van der Waals surface area contributed by atoms with Gasteiger partial charge in [0.05, 0.1) is 0 Å². The van der Waals surface area contributed by atoms with Gasteiger partial charge in [0, 0.05) is 18.2 Å². The van der Waals surface area contributed by atoms with Crippen LogP contribution in [0.25, 0.3) is 0 Å². The molecule has 1 heterocycles. The molecule has 1 amide bonds. The van der Waals surface area contributed by atoms with Crippen LogP contribution in [0.3, 0.4) is 0 Å². The molecule has 0 bridgehead atoms. The number of hydrogen-bond donors (Lipinski definition) is 2. The normalized spacial score (nSPS) is 17.6. The fourth-order valence-corrected chi connectivity index (χ4v) is 2.80. The second kappa shape index (κ2) is 8.11. The Kier molecular flexibility index (Phi) is 6.16. The highest BCUT2D eigenvalue weighted by molar-refractivity contribution is 5.93. The van der Waals surface area contributed by atoms with E-state index in [1.54, 1.807) is 6.07 Å². The highest BCUT2D eigenvalue weighted by Gasteiger charge is 2.17. The van der Waals surface area contributed by atoms with Crippen molar-refractivity contribution in [3.63, 3.8) is 0 Å². The van der Waals surface area contributed by atoms with Crippen LogP contribution in [0.15, 0.2) is 6.07 Å². The third-order valence-corrected chi connectivity index (χ3v) is 4.27. The molecule has 122 valence electrons. The molecule has 1 aromatic heterocycles. The fraction of sp³-hybridized carbons (Fsp3) is 0.706. The van der Waals surface area contributed by atoms with Crippen LogP contribution in [-0.2, 0) is 0 Å². The lowest BCUT2D eigenvalue weighted by Gasteiger charge is -2.17. The van der Waals surface area contributed by atoms with Crippen molar-refractivity contribution in [1.82, 2.24) is 15.3 Å². The van der Waals surface area contributed by atoms with Crippen molar-refractivity contribution in [2.75, 3.05) is 5.32 Å². The molecule has 22 heavy (non-hydrogen) atoms. The fourth-order valence-electron chi connectivity index (χ4n) is 2.80. The minimum atomic E-state index is -0.0791. The van der Waals surface area contributed by atoms with Gasteiger partial charge >= 0.3 is 0 Å². The quantitative estimate of drug-likeness (QED) is 0.818. The first-order valence-electron chi connectivity index (χ1n) is 8.51. The zero-order valence-corrected chi connectivity index (χ0v) is 14.0. The summed E-state index contributed by atoms with van der Waals surface area (Å²) < 4.78 is 0. The Morgan fingerprint density at radius 1 is 1.27 bits per heavy atom. The van der Waals surface area contributed by atoms with E-state index in [-0.39, 0.29) is 11.9 Å². The average Bonchev–Trinajstić information content (AvgIpc) is 2.75. The number of rotatable bonds is 5. The van der Waals surface area contributed by atoms with E-state index in [9.17, 15) is 4.79 Å². The van der Waals surface area contributed by atoms with Crippen LogP contribution < -0.4 is 10.6 Å². The first-order valence-corrected chi connectivity index (χ1v) is 8.51. The molecule has 0 radical (unpaired) electrons. The molecule has 0 saturated heterocycles. The minimum Gasteiger partial charge on any atom is -0.368 e. The van der Waals surface area contributed by atoms with Crippen LogP contribution >= 0.6 is 0 Å². The Labute approximate surface area is 133 Å². The molecule has 0 aliphatic heterocycles. The van der Waals surface area contributed by atoms with E-state index in [4.69, 9.17) is 0 Å². The van der Waals surface area contributed by atoms with Gasteiger partial charge < -0.3 is 10.6 Å². The van der Waals surface area contributed by atoms with Crippen molar-refractivity contribution >= 4 is 11.7 Å². The Bertz CT molecular complexity index is 495. The van der Waals surface area contributed by atoms with Crippen LogP contribution in [0.2, 0.25) is 0 Å². The summed E-state index contributed by atoms with van der Waals surface area (Å²) in [6, 6.07) is 2.37. The van der Waals surface area contributed by atoms with E-state index in [2.05, 4.69) is 34.4 Å². The predicted molar refractivity (Wildman–Crippen MR) is 89.1 cm³/mol. The van der Waals surface area contributed by atoms with Crippen molar-refractivity contribution in [3.8, 4) is 0 Å². The number of aryl methyl sites for hydroxylation is 1. The summed E-state index contributed by atoms with van der Waals surface area (Å²) >= 11 is 0. The van der Waals surface area contributed by atoms with E-state index in [1.807, 2.05) is 6.92 Å². The molecule has 1 aliphatic carbocycles. The molecule has 1 unspecified atom stereocenters. The highest BCUT2D eigenvalue weighted by atomic mass is 16.1. The molecule has 1 aliphatic rings. The lowest BCUT2D eigenvalue weighted by molar-refractivity contribution is 0.0928. The molecule has 5 heteroatoms. The summed E-state index contributed by atoms with van der Waals surface area (Å²) in [4.78, 5) is 21.1. The van der Waals surface area contributed by atoms with Crippen LogP contribution in [-0.4, -0.2) is 28.0 Å². The molecule has 0 aromatic carbocycles. The first-order chi connectivity index (χ1) is 10.6. The van der Waals surface area contributed by atoms with Crippen molar-refractivity contribution in [3.05, 3.63) is 17.6 Å². The van der Waals surface area contributed by atoms with Gasteiger partial charge in [0.1, 0.15) is 17.3 Å². The third kappa shape index (κ3) is 4.97. The second-order valence-corrected chi connectivity index (χ2v) is 6.30. The van der Waals surface area contributed by atoms with Gasteiger partial charge in [-0.1, -0.05) is 32.6 Å². The Hall–Kier alpha value is -1.65. The molecular weight excluding hydrogens is 276 g/mol. The van der Waals surface area contributed by atoms with E-state index in [0.29, 0.717) is 17.6 Å². The lowest BCUT2D eigenvalue weighted by atomic mass is 10.1. The number of aromatic nitrogens is 2. The molecule has 1 fully saturated rings. The van der Waals surface area contributed by atoms with Crippen LogP contribution in [0.1, 0.15) is 75.1 Å². The Morgan fingerprint density at radius 2 is 1.95 bits per heavy atom. The summed E-state index contributed by atoms with van der Waals surface area (Å²) in [6.45, 7) is 6.04. The third-order valence-electron chi connectivity index (χ3n) is 4.27. The Morgan fingerprint density at radius 3 is 2.59 bits per heavy atom. The van der Waals surface area contributed by atoms with Gasteiger partial charge in [-0.15, -0.1) is 0 Å². The van der Waals surface area contributed by atoms with E-state index < -0.39 is 0 Å². The molecule has 5 nitrogen and oxygen atoms in total. The van der Waals surface area contributed by atoms with Crippen LogP contribution in [0, 0.1) is 6.92 Å². The van der Waals surface area contributed by atoms with Crippen molar-refractivity contribution in [2.45, 2.75) is 77.8 Å². The molecule has 1 atom stereocenters. The van der Waals surface area contributed by atoms with Crippen molar-refractivity contribution in [2.24, 2.45) is 0 Å². The van der Waals surface area contributed by atoms with Crippen molar-refractivity contribution in [1.29, 1.82) is 0 Å². The van der Waals surface area contributed by atoms with Gasteiger partial charge in [-0.25, -0.2) is 9.97 Å². The molecule has 1 aromatic rings. The maximum Gasteiger partial charge on any atom is 0.270 e. The Balaban J connectivity index is 2.04. The molecule has 0 spiro atoms. The zero-order chi connectivity index (χ0) is 15.9. The average molecular weight is 304 g/mol. The number of anilines is 1. The van der Waals surface area contributed by atoms with E-state index in [1.165, 1.54) is 25.7 Å². The summed E-state index contributed by atoms with van der Waals surface area (Å²) in [5.74, 6) is 1.27. The number of amides is 1. The van der Waals surface area contributed by atoms with Gasteiger partial charge in [0.15, 0.2) is 0 Å². The molecule has 2 rings (SSSR count). The van der Waals surface area contributed by atoms with E-state index in [0.717, 1.165) is 25.1 Å². The number of nitrogens with zero attached hydrogens (tertiary/aromatic N) is 2. The topological polar surface area (TPSA) is 66.9 Å². The molecule has 2 N–H and O–H groups in total. The van der Waals surface area contributed by atoms with E-state index >= 15 is 0 Å². The largest absolute Gasteiger partial charge is 0.368 e. The maximum atomic E-state index is 12.5. The molecular formula is C17H28N4O. The summed E-state index contributed by atoms with van der Waals surface area (Å²) in [7, 11) is 0. The second-order valence-electron chi connectivity index (χ2n) is 6.30. The summed E-state index contributed by atoms with van der Waals surface area (Å²) in [5.41, 5.74) is 0.461. The number of nitrogens with one attached hydrogen (secondary N) is 2. The van der Waals surface area contributed by atoms with Gasteiger partial charge in [0.25, 0.3) is 5.91 Å². The van der Waals surface area contributed by atoms with Crippen LogP contribution in [0.5, 0.6) is 0 Å². The summed E-state index contributed by atoms with van der Waals surface area (Å²) in [5, 5.41) is 6.45. The number of carbonyl (C=O) groups excluding carboxylic acids is 1. The standard InChI is InChI=1S/C17H28N4O/c1-4-12(2)18-16-11-15(19-13(3)20-16)17(22)21-14-9-7-5-6-8-10-14/h11-12,14H,4-10H2,1-3H3,(H,21,22)(H,18,19,20). The highest BCUT2D eigenvalue weighted by Crippen LogP contribution is 2.18. The first kappa shape index (κ1) is 16.7. The van der Waals surface area contributed by atoms with Gasteiger partial charge in [-0.2, -0.15) is 0 Å². The zero-order valence-electron chi connectivity index (χ0n) is 14.0. The summed E-state index contributed by atoms with van der Waals surface area (Å²) in [6.07, 6.45) is 8.13. The number of hydrogen-bond acceptors (Lipinski definition) is 4. The predicted octanol–water partition coefficient (Wildman–Crippen LogP) is 3.45. The maximum absolute atomic E-state index is 12.5. The molecule has 1 saturated carbocycles. The van der Waals surface area contributed by atoms with Gasteiger partial charge in [0.2, 0.25) is 0 Å². The van der Waals surface area contributed by atoms with Gasteiger partial charge in [-0.3, -0.25) is 4.79 Å². The SMILES string of the molecule is CCC(C)Nc1cc(C(=O)NC2CCCCCC2)nc(C)n1. The lowest BCUT2D eigenvalue weighted by Crippen LogP contribution is -2.35. The monoisotopic (exact) mass is 304 g/mol. The van der Waals surface area contributed by atoms with Crippen LogP contribution in [0.4, 0.5) is 5.82 Å². The smallest absolute Gasteiger partial charge is 0.270 e.